The van der Waals surface area contributed by atoms with Crippen LogP contribution in [-0.4, -0.2) is 17.7 Å². The fourth-order valence-electron chi connectivity index (χ4n) is 2.94. The van der Waals surface area contributed by atoms with Gasteiger partial charge in [0.2, 0.25) is 0 Å². The predicted octanol–water partition coefficient (Wildman–Crippen LogP) is 2.46. The fourth-order valence-corrected chi connectivity index (χ4v) is 2.94. The third-order valence-electron chi connectivity index (χ3n) is 3.73. The molecule has 1 saturated heterocycles. The lowest BCUT2D eigenvalue weighted by atomic mass is 9.97. The van der Waals surface area contributed by atoms with Crippen LogP contribution in [-0.2, 0) is 4.74 Å². The normalized spacial score (nSPS) is 41.8. The molecule has 2 nitrogen and oxygen atoms in total. The van der Waals surface area contributed by atoms with Crippen molar-refractivity contribution in [2.24, 2.45) is 11.7 Å². The highest BCUT2D eigenvalue weighted by molar-refractivity contribution is 4.85. The molecule has 14 heavy (non-hydrogen) atoms. The van der Waals surface area contributed by atoms with Crippen molar-refractivity contribution in [3.63, 3.8) is 0 Å². The molecule has 2 N–H and O–H groups in total. The smallest absolute Gasteiger partial charge is 0.0631 e. The minimum Gasteiger partial charge on any atom is -0.372 e. The lowest BCUT2D eigenvalue weighted by Gasteiger charge is -2.21. The summed E-state index contributed by atoms with van der Waals surface area (Å²) >= 11 is 0. The largest absolute Gasteiger partial charge is 0.372 e. The molecule has 2 heteroatoms. The quantitative estimate of drug-likeness (QED) is 0.738. The van der Waals surface area contributed by atoms with Gasteiger partial charge in [0.25, 0.3) is 0 Å². The van der Waals surface area contributed by atoms with Gasteiger partial charge in [-0.2, -0.15) is 0 Å². The topological polar surface area (TPSA) is 35.2 Å². The molecule has 2 aliphatic rings. The second kappa shape index (κ2) is 3.82. The molecule has 1 saturated carbocycles. The number of nitrogens with two attached hydrogens (primary N) is 1. The van der Waals surface area contributed by atoms with Crippen molar-refractivity contribution in [1.29, 1.82) is 0 Å². The second-order valence-electron chi connectivity index (χ2n) is 5.71. The summed E-state index contributed by atoms with van der Waals surface area (Å²) in [6.45, 7) is 4.40. The first-order valence-corrected chi connectivity index (χ1v) is 5.98. The third kappa shape index (κ3) is 2.48. The molecule has 2 fully saturated rings. The van der Waals surface area contributed by atoms with Gasteiger partial charge in [-0.25, -0.2) is 0 Å². The van der Waals surface area contributed by atoms with Gasteiger partial charge in [0.05, 0.1) is 11.7 Å². The maximum atomic E-state index is 6.01. The summed E-state index contributed by atoms with van der Waals surface area (Å²) in [6.07, 6.45) is 8.00. The molecular weight excluding hydrogens is 174 g/mol. The van der Waals surface area contributed by atoms with Gasteiger partial charge in [-0.3, -0.25) is 0 Å². The van der Waals surface area contributed by atoms with Crippen LogP contribution in [0.15, 0.2) is 0 Å². The lowest BCUT2D eigenvalue weighted by molar-refractivity contribution is -0.0242. The zero-order valence-electron chi connectivity index (χ0n) is 9.46. The highest BCUT2D eigenvalue weighted by Gasteiger charge is 2.34. The summed E-state index contributed by atoms with van der Waals surface area (Å²) < 4.78 is 6.01. The Labute approximate surface area is 87.2 Å². The Bertz CT molecular complexity index is 202. The van der Waals surface area contributed by atoms with Crippen LogP contribution in [0.5, 0.6) is 0 Å². The van der Waals surface area contributed by atoms with Gasteiger partial charge in [-0.05, 0) is 58.3 Å². The average molecular weight is 197 g/mol. The van der Waals surface area contributed by atoms with Crippen molar-refractivity contribution in [2.75, 3.05) is 0 Å². The average Bonchev–Trinajstić information content (AvgIpc) is 2.59. The van der Waals surface area contributed by atoms with Crippen LogP contribution in [0.1, 0.15) is 52.4 Å². The summed E-state index contributed by atoms with van der Waals surface area (Å²) in [5, 5.41) is 0. The molecule has 0 bridgehead atoms. The first-order chi connectivity index (χ1) is 6.55. The fraction of sp³-hybridized carbons (Fsp3) is 1.00. The lowest BCUT2D eigenvalue weighted by Crippen LogP contribution is -2.21. The summed E-state index contributed by atoms with van der Waals surface area (Å²) in [5.74, 6) is 0.837. The van der Waals surface area contributed by atoms with Crippen molar-refractivity contribution >= 4 is 0 Å². The second-order valence-corrected chi connectivity index (χ2v) is 5.71. The van der Waals surface area contributed by atoms with E-state index in [0.717, 1.165) is 5.92 Å². The monoisotopic (exact) mass is 197 g/mol. The third-order valence-corrected chi connectivity index (χ3v) is 3.73. The number of hydrogen-bond acceptors (Lipinski definition) is 2. The van der Waals surface area contributed by atoms with Crippen LogP contribution >= 0.6 is 0 Å². The first-order valence-electron chi connectivity index (χ1n) is 5.98. The Morgan fingerprint density at radius 3 is 2.57 bits per heavy atom. The molecule has 0 aromatic heterocycles. The zero-order chi connectivity index (χ0) is 10.2. The molecule has 0 amide bonds. The Balaban J connectivity index is 1.76. The summed E-state index contributed by atoms with van der Waals surface area (Å²) in [6, 6.07) is 0.467. The van der Waals surface area contributed by atoms with Crippen LogP contribution in [0.25, 0.3) is 0 Å². The Morgan fingerprint density at radius 2 is 2.07 bits per heavy atom. The molecule has 3 atom stereocenters. The molecule has 0 radical (unpaired) electrons. The van der Waals surface area contributed by atoms with E-state index < -0.39 is 0 Å². The highest BCUT2D eigenvalue weighted by atomic mass is 16.5. The van der Waals surface area contributed by atoms with Crippen LogP contribution in [0, 0.1) is 5.92 Å². The van der Waals surface area contributed by atoms with Crippen molar-refractivity contribution in [3.8, 4) is 0 Å². The Morgan fingerprint density at radius 1 is 1.29 bits per heavy atom. The molecule has 1 heterocycles. The Kier molecular flexibility index (Phi) is 2.85. The molecular formula is C12H23NO. The summed E-state index contributed by atoms with van der Waals surface area (Å²) in [7, 11) is 0. The van der Waals surface area contributed by atoms with Crippen molar-refractivity contribution in [2.45, 2.75) is 70.1 Å². The van der Waals surface area contributed by atoms with Gasteiger partial charge in [0.1, 0.15) is 0 Å². The number of rotatable bonds is 2. The van der Waals surface area contributed by atoms with E-state index in [4.69, 9.17) is 10.5 Å². The van der Waals surface area contributed by atoms with E-state index in [2.05, 4.69) is 13.8 Å². The van der Waals surface area contributed by atoms with Crippen molar-refractivity contribution < 1.29 is 4.74 Å². The predicted molar refractivity (Wildman–Crippen MR) is 58.1 cm³/mol. The maximum Gasteiger partial charge on any atom is 0.0631 e. The van der Waals surface area contributed by atoms with E-state index in [-0.39, 0.29) is 5.60 Å². The van der Waals surface area contributed by atoms with E-state index in [1.54, 1.807) is 0 Å². The van der Waals surface area contributed by atoms with Gasteiger partial charge < -0.3 is 10.5 Å². The van der Waals surface area contributed by atoms with E-state index in [9.17, 15) is 0 Å². The standard InChI is InChI=1S/C12H23NO/c1-12(2)6-5-11(14-12)8-9-3-4-10(13)7-9/h9-11H,3-8,13H2,1-2H3. The SMILES string of the molecule is CC1(C)CCC(CC2CCC(N)C2)O1. The molecule has 0 aromatic carbocycles. The van der Waals surface area contributed by atoms with Crippen LogP contribution in [0.4, 0.5) is 0 Å². The summed E-state index contributed by atoms with van der Waals surface area (Å²) in [5.41, 5.74) is 6.04. The van der Waals surface area contributed by atoms with Gasteiger partial charge in [0.15, 0.2) is 0 Å². The number of ether oxygens (including phenoxy) is 1. The van der Waals surface area contributed by atoms with Crippen molar-refractivity contribution in [1.82, 2.24) is 0 Å². The van der Waals surface area contributed by atoms with E-state index in [1.807, 2.05) is 0 Å². The molecule has 0 spiro atoms. The molecule has 0 aromatic rings. The Hall–Kier alpha value is -0.0800. The molecule has 1 aliphatic carbocycles. The van der Waals surface area contributed by atoms with E-state index >= 15 is 0 Å². The van der Waals surface area contributed by atoms with Crippen molar-refractivity contribution in [3.05, 3.63) is 0 Å². The van der Waals surface area contributed by atoms with Gasteiger partial charge in [-0.1, -0.05) is 0 Å². The van der Waals surface area contributed by atoms with E-state index in [0.29, 0.717) is 12.1 Å². The minimum atomic E-state index is 0.130. The number of hydrogen-bond donors (Lipinski definition) is 1. The molecule has 2 rings (SSSR count). The zero-order valence-corrected chi connectivity index (χ0v) is 9.46. The van der Waals surface area contributed by atoms with Gasteiger partial charge in [-0.15, -0.1) is 0 Å². The highest BCUT2D eigenvalue weighted by Crippen LogP contribution is 2.36. The summed E-state index contributed by atoms with van der Waals surface area (Å²) in [4.78, 5) is 0. The minimum absolute atomic E-state index is 0.130. The first kappa shape index (κ1) is 10.4. The van der Waals surface area contributed by atoms with Crippen LogP contribution in [0.2, 0.25) is 0 Å². The van der Waals surface area contributed by atoms with E-state index in [1.165, 1.54) is 38.5 Å². The molecule has 1 aliphatic heterocycles. The van der Waals surface area contributed by atoms with Crippen LogP contribution in [0.3, 0.4) is 0 Å². The van der Waals surface area contributed by atoms with Crippen LogP contribution < -0.4 is 5.73 Å². The van der Waals surface area contributed by atoms with Gasteiger partial charge >= 0.3 is 0 Å². The molecule has 3 unspecified atom stereocenters. The van der Waals surface area contributed by atoms with Gasteiger partial charge in [0, 0.05) is 6.04 Å². The molecule has 82 valence electrons. The maximum absolute atomic E-state index is 6.01.